The monoisotopic (exact) mass is 479 g/mol. The summed E-state index contributed by atoms with van der Waals surface area (Å²) < 4.78 is 60.0. The summed E-state index contributed by atoms with van der Waals surface area (Å²) in [4.78, 5) is 15.3. The average Bonchev–Trinajstić information content (AvgIpc) is 3.35. The Bertz CT molecular complexity index is 1430. The standard InChI is InChI=1S/C20H19F2N5O3S2/c1-11-9-30-8-7-26(11)18-16-15(14(10-31-16)32(2,28)29)24-20(25-18)27-13-6-4-3-5-12(13)23-19(27)17(21)22/h3-6,10-11,17H,7-9H2,1-2H3/t11-/m1/s1. The normalized spacial score (nSPS) is 17.7. The van der Waals surface area contributed by atoms with Gasteiger partial charge in [0.1, 0.15) is 10.4 Å². The Morgan fingerprint density at radius 2 is 2.00 bits per heavy atom. The number of hydrogen-bond acceptors (Lipinski definition) is 8. The number of morpholine rings is 1. The number of imidazole rings is 1. The third-order valence-corrected chi connectivity index (χ3v) is 7.60. The zero-order valence-corrected chi connectivity index (χ0v) is 18.8. The summed E-state index contributed by atoms with van der Waals surface area (Å²) in [5.41, 5.74) is 1.01. The largest absolute Gasteiger partial charge is 0.377 e. The number of ether oxygens (including phenoxy) is 1. The fraction of sp³-hybridized carbons (Fsp3) is 0.350. The number of benzene rings is 1. The van der Waals surface area contributed by atoms with Crippen molar-refractivity contribution in [2.45, 2.75) is 24.3 Å². The Morgan fingerprint density at radius 3 is 2.72 bits per heavy atom. The maximum absolute atomic E-state index is 13.9. The van der Waals surface area contributed by atoms with E-state index in [1.54, 1.807) is 24.3 Å². The van der Waals surface area contributed by atoms with Gasteiger partial charge in [0.25, 0.3) is 6.43 Å². The van der Waals surface area contributed by atoms with E-state index >= 15 is 0 Å². The molecule has 8 nitrogen and oxygen atoms in total. The molecule has 0 aliphatic carbocycles. The molecule has 0 N–H and O–H groups in total. The Morgan fingerprint density at radius 1 is 1.22 bits per heavy atom. The van der Waals surface area contributed by atoms with E-state index in [1.165, 1.54) is 21.3 Å². The molecule has 5 rings (SSSR count). The highest BCUT2D eigenvalue weighted by Gasteiger charge is 2.29. The molecule has 0 amide bonds. The summed E-state index contributed by atoms with van der Waals surface area (Å²) in [6, 6.07) is 6.68. The summed E-state index contributed by atoms with van der Waals surface area (Å²) in [7, 11) is -3.60. The van der Waals surface area contributed by atoms with Crippen molar-refractivity contribution in [3.63, 3.8) is 0 Å². The lowest BCUT2D eigenvalue weighted by molar-refractivity contribution is 0.0987. The van der Waals surface area contributed by atoms with Crippen LogP contribution in [0.2, 0.25) is 0 Å². The van der Waals surface area contributed by atoms with Crippen molar-refractivity contribution in [2.75, 3.05) is 30.9 Å². The highest BCUT2D eigenvalue weighted by atomic mass is 32.2. The van der Waals surface area contributed by atoms with Crippen molar-refractivity contribution < 1.29 is 21.9 Å². The Labute approximate surface area is 186 Å². The molecule has 1 fully saturated rings. The highest BCUT2D eigenvalue weighted by Crippen LogP contribution is 2.37. The lowest BCUT2D eigenvalue weighted by Gasteiger charge is -2.34. The van der Waals surface area contributed by atoms with E-state index in [0.29, 0.717) is 41.3 Å². The molecule has 1 saturated heterocycles. The highest BCUT2D eigenvalue weighted by molar-refractivity contribution is 7.91. The molecule has 1 aliphatic heterocycles. The molecule has 3 aromatic heterocycles. The van der Waals surface area contributed by atoms with Crippen LogP contribution in [0.4, 0.5) is 14.6 Å². The van der Waals surface area contributed by atoms with Crippen LogP contribution in [0.15, 0.2) is 34.5 Å². The maximum atomic E-state index is 13.9. The Hall–Kier alpha value is -2.70. The third-order valence-electron chi connectivity index (χ3n) is 5.37. The van der Waals surface area contributed by atoms with Crippen LogP contribution in [0, 0.1) is 0 Å². The van der Waals surface area contributed by atoms with Crippen molar-refractivity contribution in [1.29, 1.82) is 0 Å². The molecular formula is C20H19F2N5O3S2. The first-order valence-electron chi connectivity index (χ1n) is 9.85. The molecule has 4 heterocycles. The molecule has 0 unspecified atom stereocenters. The number of halogens is 2. The zero-order valence-electron chi connectivity index (χ0n) is 17.2. The van der Waals surface area contributed by atoms with Gasteiger partial charge in [-0.3, -0.25) is 4.57 Å². The number of thiophene rings is 1. The van der Waals surface area contributed by atoms with Crippen LogP contribution in [-0.2, 0) is 14.6 Å². The Balaban J connectivity index is 1.85. The molecule has 0 radical (unpaired) electrons. The van der Waals surface area contributed by atoms with Crippen molar-refractivity contribution >= 4 is 48.2 Å². The van der Waals surface area contributed by atoms with Gasteiger partial charge in [-0.15, -0.1) is 11.3 Å². The minimum atomic E-state index is -3.60. The molecular weight excluding hydrogens is 460 g/mol. The van der Waals surface area contributed by atoms with Crippen molar-refractivity contribution in [3.8, 4) is 5.95 Å². The molecule has 0 bridgehead atoms. The smallest absolute Gasteiger partial charge is 0.296 e. The van der Waals surface area contributed by atoms with E-state index in [9.17, 15) is 17.2 Å². The number of nitrogens with zero attached hydrogens (tertiary/aromatic N) is 5. The van der Waals surface area contributed by atoms with Gasteiger partial charge in [0.05, 0.1) is 35.0 Å². The SMILES string of the molecule is C[C@@H]1COCCN1c1nc(-n2c(C(F)F)nc3ccccc32)nc2c(S(C)(=O)=O)csc12. The minimum absolute atomic E-state index is 0.0346. The number of fused-ring (bicyclic) bond motifs is 2. The zero-order chi connectivity index (χ0) is 22.6. The lowest BCUT2D eigenvalue weighted by Crippen LogP contribution is -2.44. The molecule has 1 aliphatic rings. The molecule has 4 aromatic rings. The summed E-state index contributed by atoms with van der Waals surface area (Å²) >= 11 is 1.22. The Kier molecular flexibility index (Phi) is 5.10. The van der Waals surface area contributed by atoms with Gasteiger partial charge in [0, 0.05) is 18.2 Å². The van der Waals surface area contributed by atoms with Gasteiger partial charge >= 0.3 is 0 Å². The number of hydrogen-bond donors (Lipinski definition) is 0. The minimum Gasteiger partial charge on any atom is -0.377 e. The van der Waals surface area contributed by atoms with Crippen molar-refractivity contribution in [1.82, 2.24) is 19.5 Å². The predicted molar refractivity (Wildman–Crippen MR) is 118 cm³/mol. The van der Waals surface area contributed by atoms with Crippen LogP contribution in [-0.4, -0.2) is 60.0 Å². The van der Waals surface area contributed by atoms with Crippen LogP contribution in [0.3, 0.4) is 0 Å². The second kappa shape index (κ2) is 7.71. The van der Waals surface area contributed by atoms with Gasteiger partial charge in [-0.1, -0.05) is 12.1 Å². The van der Waals surface area contributed by atoms with Gasteiger partial charge < -0.3 is 9.64 Å². The predicted octanol–water partition coefficient (Wildman–Crippen LogP) is 3.60. The fourth-order valence-corrected chi connectivity index (χ4v) is 6.15. The maximum Gasteiger partial charge on any atom is 0.296 e. The van der Waals surface area contributed by atoms with E-state index in [2.05, 4.69) is 15.0 Å². The average molecular weight is 480 g/mol. The van der Waals surface area contributed by atoms with Gasteiger partial charge in [-0.05, 0) is 19.1 Å². The summed E-state index contributed by atoms with van der Waals surface area (Å²) in [5, 5.41) is 1.52. The van der Waals surface area contributed by atoms with E-state index < -0.39 is 22.1 Å². The van der Waals surface area contributed by atoms with Crippen LogP contribution in [0.25, 0.3) is 27.2 Å². The molecule has 168 valence electrons. The number of rotatable bonds is 4. The van der Waals surface area contributed by atoms with Crippen LogP contribution >= 0.6 is 11.3 Å². The second-order valence-corrected chi connectivity index (χ2v) is 10.5. The van der Waals surface area contributed by atoms with E-state index in [4.69, 9.17) is 4.74 Å². The number of sulfone groups is 1. The lowest BCUT2D eigenvalue weighted by atomic mass is 10.2. The van der Waals surface area contributed by atoms with Crippen molar-refractivity contribution in [3.05, 3.63) is 35.5 Å². The fourth-order valence-electron chi connectivity index (χ4n) is 3.87. The molecule has 1 atom stereocenters. The first kappa shape index (κ1) is 21.2. The number of aromatic nitrogens is 4. The quantitative estimate of drug-likeness (QED) is 0.442. The van der Waals surface area contributed by atoms with E-state index in [0.717, 1.165) is 6.26 Å². The van der Waals surface area contributed by atoms with E-state index in [-0.39, 0.29) is 22.4 Å². The van der Waals surface area contributed by atoms with Gasteiger partial charge in [0.15, 0.2) is 21.5 Å². The molecule has 0 spiro atoms. The topological polar surface area (TPSA) is 90.2 Å². The second-order valence-electron chi connectivity index (χ2n) is 7.61. The first-order valence-corrected chi connectivity index (χ1v) is 12.6. The molecule has 1 aromatic carbocycles. The van der Waals surface area contributed by atoms with Gasteiger partial charge in [-0.2, -0.15) is 4.98 Å². The number of anilines is 1. The number of alkyl halides is 2. The van der Waals surface area contributed by atoms with E-state index in [1.807, 2.05) is 11.8 Å². The van der Waals surface area contributed by atoms with Gasteiger partial charge in [-0.25, -0.2) is 27.2 Å². The molecule has 32 heavy (non-hydrogen) atoms. The van der Waals surface area contributed by atoms with Crippen LogP contribution in [0.5, 0.6) is 0 Å². The first-order chi connectivity index (χ1) is 15.3. The summed E-state index contributed by atoms with van der Waals surface area (Å²) in [5.74, 6) is -0.0418. The number of para-hydroxylation sites is 2. The van der Waals surface area contributed by atoms with Crippen molar-refractivity contribution in [2.24, 2.45) is 0 Å². The van der Waals surface area contributed by atoms with Gasteiger partial charge in [0.2, 0.25) is 5.95 Å². The summed E-state index contributed by atoms with van der Waals surface area (Å²) in [6.07, 6.45) is -1.77. The molecule has 12 heteroatoms. The van der Waals surface area contributed by atoms with Crippen LogP contribution in [0.1, 0.15) is 19.2 Å². The summed E-state index contributed by atoms with van der Waals surface area (Å²) in [6.45, 7) is 3.45. The third kappa shape index (κ3) is 3.42. The van der Waals surface area contributed by atoms with Crippen LogP contribution < -0.4 is 4.90 Å². The molecule has 0 saturated carbocycles.